The van der Waals surface area contributed by atoms with Gasteiger partial charge in [-0.2, -0.15) is 8.42 Å². The minimum absolute atomic E-state index is 0.291. The third kappa shape index (κ3) is 4.42. The number of aryl methyl sites for hydroxylation is 1. The summed E-state index contributed by atoms with van der Waals surface area (Å²) >= 11 is 4.81. The van der Waals surface area contributed by atoms with E-state index in [0.29, 0.717) is 19.3 Å². The Kier molecular flexibility index (Phi) is 5.34. The normalized spacial score (nSPS) is 13.2. The topological polar surface area (TPSA) is 67.3 Å². The van der Waals surface area contributed by atoms with Crippen molar-refractivity contribution in [3.63, 3.8) is 0 Å². The van der Waals surface area contributed by atoms with Crippen LogP contribution in [-0.2, 0) is 23.0 Å². The van der Waals surface area contributed by atoms with E-state index < -0.39 is 15.4 Å². The van der Waals surface area contributed by atoms with Gasteiger partial charge in [0.1, 0.15) is 0 Å². The Hall–Kier alpha value is -1.28. The molecular weight excluding hydrogens is 410 g/mol. The Morgan fingerprint density at radius 2 is 1.88 bits per heavy atom. The molecule has 4 nitrogen and oxygen atoms in total. The molecule has 24 heavy (non-hydrogen) atoms. The minimum atomic E-state index is -4.11. The van der Waals surface area contributed by atoms with Gasteiger partial charge in [-0.25, -0.2) is 4.98 Å². The molecule has 0 aliphatic heterocycles. The highest BCUT2D eigenvalue weighted by Crippen LogP contribution is 2.21. The van der Waals surface area contributed by atoms with E-state index >= 15 is 0 Å². The maximum absolute atomic E-state index is 11.7. The molecule has 1 unspecified atom stereocenters. The highest BCUT2D eigenvalue weighted by atomic mass is 79.9. The smallest absolute Gasteiger partial charge is 0.268 e. The first-order valence-electron chi connectivity index (χ1n) is 7.38. The molecule has 0 saturated carbocycles. The standard InChI is InChI=1S/C17H15BrNO3S2/c18-14-5-1-12(2-6-14)9-15(24(20,21)22)7-3-13-4-8-17-16(10-13)19-11-23-17/h1-2,4-6,8,10,15H,3,7,9H2,(H,20,21,22). The quantitative estimate of drug-likeness (QED) is 0.599. The molecule has 0 bridgehead atoms. The van der Waals surface area contributed by atoms with Crippen molar-refractivity contribution in [3.8, 4) is 0 Å². The first kappa shape index (κ1) is 17.5. The fourth-order valence-electron chi connectivity index (χ4n) is 2.58. The summed E-state index contributed by atoms with van der Waals surface area (Å²) in [6.45, 7) is 0. The molecule has 1 heterocycles. The summed E-state index contributed by atoms with van der Waals surface area (Å²) in [5.41, 5.74) is 5.60. The molecule has 3 rings (SSSR count). The summed E-state index contributed by atoms with van der Waals surface area (Å²) in [5, 5.41) is -0.823. The van der Waals surface area contributed by atoms with E-state index in [2.05, 4.69) is 26.4 Å². The highest BCUT2D eigenvalue weighted by Gasteiger charge is 2.23. The molecule has 1 atom stereocenters. The SMILES string of the molecule is O=S(=O)(O)C(CCc1ccc2s[c]nc2c1)Cc1ccc(Br)cc1. The lowest BCUT2D eigenvalue weighted by atomic mass is 10.0. The van der Waals surface area contributed by atoms with Crippen LogP contribution in [0.1, 0.15) is 17.5 Å². The largest absolute Gasteiger partial charge is 0.285 e. The van der Waals surface area contributed by atoms with Gasteiger partial charge in [0, 0.05) is 4.47 Å². The van der Waals surface area contributed by atoms with Crippen LogP contribution in [0.3, 0.4) is 0 Å². The summed E-state index contributed by atoms with van der Waals surface area (Å²) < 4.78 is 35.0. The van der Waals surface area contributed by atoms with Crippen molar-refractivity contribution >= 4 is 47.6 Å². The summed E-state index contributed by atoms with van der Waals surface area (Å²) in [4.78, 5) is 4.15. The number of thiazole rings is 1. The summed E-state index contributed by atoms with van der Waals surface area (Å²) in [6, 6.07) is 13.3. The van der Waals surface area contributed by atoms with Crippen molar-refractivity contribution in [3.05, 3.63) is 63.6 Å². The molecule has 7 heteroatoms. The fourth-order valence-corrected chi connectivity index (χ4v) is 4.25. The van der Waals surface area contributed by atoms with Gasteiger partial charge in [0.05, 0.1) is 15.5 Å². The van der Waals surface area contributed by atoms with Crippen LogP contribution in [0.4, 0.5) is 0 Å². The highest BCUT2D eigenvalue weighted by molar-refractivity contribution is 9.10. The average molecular weight is 425 g/mol. The molecule has 0 aliphatic rings. The molecule has 0 spiro atoms. The zero-order valence-corrected chi connectivity index (χ0v) is 15.9. The fraction of sp³-hybridized carbons (Fsp3) is 0.235. The summed E-state index contributed by atoms with van der Waals surface area (Å²) in [6.07, 6.45) is 1.21. The Bertz CT molecular complexity index is 936. The zero-order valence-electron chi connectivity index (χ0n) is 12.6. The van der Waals surface area contributed by atoms with Gasteiger partial charge in [0.25, 0.3) is 10.1 Å². The van der Waals surface area contributed by atoms with E-state index in [9.17, 15) is 13.0 Å². The van der Waals surface area contributed by atoms with Crippen LogP contribution in [0.5, 0.6) is 0 Å². The van der Waals surface area contributed by atoms with Gasteiger partial charge in [0.15, 0.2) is 5.51 Å². The molecule has 0 aliphatic carbocycles. The molecule has 2 aromatic carbocycles. The number of hydrogen-bond acceptors (Lipinski definition) is 4. The minimum Gasteiger partial charge on any atom is -0.285 e. The van der Waals surface area contributed by atoms with Crippen LogP contribution in [0.2, 0.25) is 0 Å². The van der Waals surface area contributed by atoms with Crippen LogP contribution < -0.4 is 0 Å². The number of aromatic nitrogens is 1. The Labute approximate surface area is 153 Å². The number of benzene rings is 2. The summed E-state index contributed by atoms with van der Waals surface area (Å²) in [7, 11) is -4.11. The molecule has 1 aromatic heterocycles. The maximum Gasteiger partial charge on any atom is 0.268 e. The van der Waals surface area contributed by atoms with Crippen LogP contribution >= 0.6 is 27.3 Å². The second kappa shape index (κ2) is 7.31. The summed E-state index contributed by atoms with van der Waals surface area (Å²) in [5.74, 6) is 0. The van der Waals surface area contributed by atoms with Crippen LogP contribution in [0.15, 0.2) is 46.9 Å². The average Bonchev–Trinajstić information content (AvgIpc) is 2.99. The van der Waals surface area contributed by atoms with Crippen molar-refractivity contribution in [2.75, 3.05) is 0 Å². The number of fused-ring (bicyclic) bond motifs is 1. The van der Waals surface area contributed by atoms with Crippen molar-refractivity contribution in [1.29, 1.82) is 0 Å². The molecule has 3 aromatic rings. The molecule has 0 fully saturated rings. The van der Waals surface area contributed by atoms with E-state index in [1.54, 1.807) is 0 Å². The maximum atomic E-state index is 11.7. The predicted molar refractivity (Wildman–Crippen MR) is 100.0 cm³/mol. The van der Waals surface area contributed by atoms with E-state index in [0.717, 1.165) is 25.8 Å². The molecule has 0 saturated heterocycles. The predicted octanol–water partition coefficient (Wildman–Crippen LogP) is 4.29. The van der Waals surface area contributed by atoms with E-state index in [1.807, 2.05) is 42.5 Å². The van der Waals surface area contributed by atoms with Crippen molar-refractivity contribution in [2.45, 2.75) is 24.5 Å². The van der Waals surface area contributed by atoms with Crippen LogP contribution in [0.25, 0.3) is 10.2 Å². The third-order valence-electron chi connectivity index (χ3n) is 3.90. The lowest BCUT2D eigenvalue weighted by Gasteiger charge is -2.14. The van der Waals surface area contributed by atoms with Crippen LogP contribution in [-0.4, -0.2) is 23.2 Å². The van der Waals surface area contributed by atoms with Crippen molar-refractivity contribution < 1.29 is 13.0 Å². The van der Waals surface area contributed by atoms with Crippen molar-refractivity contribution in [1.82, 2.24) is 4.98 Å². The lowest BCUT2D eigenvalue weighted by Crippen LogP contribution is -2.24. The second-order valence-electron chi connectivity index (χ2n) is 5.61. The Morgan fingerprint density at radius 1 is 1.17 bits per heavy atom. The van der Waals surface area contributed by atoms with Gasteiger partial charge in [-0.15, -0.1) is 11.3 Å². The molecule has 0 amide bonds. The molecule has 1 N–H and O–H groups in total. The van der Waals surface area contributed by atoms with Gasteiger partial charge in [-0.1, -0.05) is 34.1 Å². The molecule has 1 radical (unpaired) electrons. The van der Waals surface area contributed by atoms with Gasteiger partial charge in [0.2, 0.25) is 0 Å². The van der Waals surface area contributed by atoms with Gasteiger partial charge >= 0.3 is 0 Å². The first-order chi connectivity index (χ1) is 11.4. The van der Waals surface area contributed by atoms with Crippen molar-refractivity contribution in [2.24, 2.45) is 0 Å². The lowest BCUT2D eigenvalue weighted by molar-refractivity contribution is 0.460. The van der Waals surface area contributed by atoms with E-state index in [1.165, 1.54) is 11.3 Å². The third-order valence-corrected chi connectivity index (χ3v) is 6.42. The molecular formula is C17H15BrNO3S2. The first-order valence-corrected chi connectivity index (χ1v) is 10.5. The Morgan fingerprint density at radius 3 is 2.58 bits per heavy atom. The van der Waals surface area contributed by atoms with E-state index in [4.69, 9.17) is 0 Å². The van der Waals surface area contributed by atoms with Gasteiger partial charge in [-0.3, -0.25) is 4.55 Å². The number of nitrogens with zero attached hydrogens (tertiary/aromatic N) is 1. The van der Waals surface area contributed by atoms with Gasteiger partial charge in [-0.05, 0) is 54.7 Å². The number of hydrogen-bond donors (Lipinski definition) is 1. The zero-order chi connectivity index (χ0) is 17.2. The van der Waals surface area contributed by atoms with Crippen LogP contribution in [0, 0.1) is 5.51 Å². The monoisotopic (exact) mass is 424 g/mol. The number of rotatable bonds is 6. The Balaban J connectivity index is 1.73. The number of halogens is 1. The van der Waals surface area contributed by atoms with Gasteiger partial charge < -0.3 is 0 Å². The second-order valence-corrected chi connectivity index (χ2v) is 9.05. The van der Waals surface area contributed by atoms with E-state index in [-0.39, 0.29) is 0 Å². The molecule has 125 valence electrons.